The third kappa shape index (κ3) is 2.32. The number of alkyl carbamates (subject to hydrolysis) is 1. The van der Waals surface area contributed by atoms with Gasteiger partial charge in [-0.2, -0.15) is 0 Å². The average Bonchev–Trinajstić information content (AvgIpc) is 2.29. The number of carbonyl (C=O) groups excluding carboxylic acids is 1. The highest BCUT2D eigenvalue weighted by Gasteiger charge is 2.25. The van der Waals surface area contributed by atoms with Crippen LogP contribution < -0.4 is 5.32 Å². The highest BCUT2D eigenvalue weighted by atomic mass is 19.1. The molecule has 0 aromatic heterocycles. The van der Waals surface area contributed by atoms with Crippen LogP contribution in [0, 0.1) is 15.9 Å². The van der Waals surface area contributed by atoms with Gasteiger partial charge in [0.1, 0.15) is 5.82 Å². The Hall–Kier alpha value is -2.18. The molecule has 90 valence electrons. The molecule has 1 aliphatic rings. The summed E-state index contributed by atoms with van der Waals surface area (Å²) in [6.07, 6.45) is -0.267. The monoisotopic (exact) mass is 240 g/mol. The SMILES string of the molecule is O=C1N[C@H](c2cc([N+](=O)[O-])ccc2F)CCO1. The van der Waals surface area contributed by atoms with Crippen molar-refractivity contribution in [2.24, 2.45) is 0 Å². The van der Waals surface area contributed by atoms with E-state index in [1.807, 2.05) is 0 Å². The van der Waals surface area contributed by atoms with Gasteiger partial charge in [0.15, 0.2) is 0 Å². The fourth-order valence-electron chi connectivity index (χ4n) is 1.67. The largest absolute Gasteiger partial charge is 0.449 e. The van der Waals surface area contributed by atoms with Crippen LogP contribution in [0.5, 0.6) is 0 Å². The van der Waals surface area contributed by atoms with Gasteiger partial charge in [0.05, 0.1) is 17.6 Å². The quantitative estimate of drug-likeness (QED) is 0.632. The molecule has 1 saturated heterocycles. The Balaban J connectivity index is 2.33. The number of nitrogens with one attached hydrogen (secondary N) is 1. The predicted octanol–water partition coefficient (Wildman–Crippen LogP) is 1.90. The number of rotatable bonds is 2. The maximum atomic E-state index is 13.5. The lowest BCUT2D eigenvalue weighted by Crippen LogP contribution is -2.35. The molecule has 17 heavy (non-hydrogen) atoms. The molecule has 1 amide bonds. The number of hydrogen-bond donors (Lipinski definition) is 1. The van der Waals surface area contributed by atoms with Crippen molar-refractivity contribution >= 4 is 11.8 Å². The molecule has 2 rings (SSSR count). The van der Waals surface area contributed by atoms with Crippen molar-refractivity contribution in [2.45, 2.75) is 12.5 Å². The number of ether oxygens (including phenoxy) is 1. The molecule has 1 heterocycles. The first-order valence-corrected chi connectivity index (χ1v) is 4.95. The Kier molecular flexibility index (Phi) is 2.90. The number of hydrogen-bond acceptors (Lipinski definition) is 4. The van der Waals surface area contributed by atoms with Gasteiger partial charge in [-0.1, -0.05) is 0 Å². The Morgan fingerprint density at radius 3 is 2.94 bits per heavy atom. The minimum absolute atomic E-state index is 0.107. The number of cyclic esters (lactones) is 1. The molecule has 0 unspecified atom stereocenters. The van der Waals surface area contributed by atoms with Crippen LogP contribution >= 0.6 is 0 Å². The van der Waals surface area contributed by atoms with E-state index >= 15 is 0 Å². The maximum absolute atomic E-state index is 13.5. The third-order valence-corrected chi connectivity index (χ3v) is 2.50. The van der Waals surface area contributed by atoms with E-state index in [4.69, 9.17) is 0 Å². The smallest absolute Gasteiger partial charge is 0.407 e. The zero-order valence-corrected chi connectivity index (χ0v) is 8.68. The highest BCUT2D eigenvalue weighted by Crippen LogP contribution is 2.26. The van der Waals surface area contributed by atoms with Crippen LogP contribution in [0.1, 0.15) is 18.0 Å². The van der Waals surface area contributed by atoms with Gasteiger partial charge in [-0.3, -0.25) is 10.1 Å². The first-order chi connectivity index (χ1) is 8.08. The fourth-order valence-corrected chi connectivity index (χ4v) is 1.67. The van der Waals surface area contributed by atoms with Crippen LogP contribution in [0.2, 0.25) is 0 Å². The van der Waals surface area contributed by atoms with Gasteiger partial charge in [0.2, 0.25) is 0 Å². The average molecular weight is 240 g/mol. The molecule has 1 aromatic carbocycles. The number of nitro benzene ring substituents is 1. The molecule has 6 nitrogen and oxygen atoms in total. The second-order valence-corrected chi connectivity index (χ2v) is 3.58. The summed E-state index contributed by atoms with van der Waals surface area (Å²) >= 11 is 0. The van der Waals surface area contributed by atoms with Crippen molar-refractivity contribution in [3.05, 3.63) is 39.7 Å². The van der Waals surface area contributed by atoms with Crippen LogP contribution in [-0.4, -0.2) is 17.6 Å². The normalized spacial score (nSPS) is 19.4. The number of benzene rings is 1. The Labute approximate surface area is 95.5 Å². The standard InChI is InChI=1S/C10H9FN2O4/c11-8-2-1-6(13(15)16)5-7(8)9-3-4-17-10(14)12-9/h1-2,5,9H,3-4H2,(H,12,14)/t9-/m0/s1. The number of amides is 1. The first kappa shape index (κ1) is 11.3. The van der Waals surface area contributed by atoms with Crippen LogP contribution in [0.3, 0.4) is 0 Å². The summed E-state index contributed by atoms with van der Waals surface area (Å²) in [4.78, 5) is 21.0. The Morgan fingerprint density at radius 1 is 1.53 bits per heavy atom. The van der Waals surface area contributed by atoms with Crippen molar-refractivity contribution in [3.8, 4) is 0 Å². The molecule has 7 heteroatoms. The minimum atomic E-state index is -0.646. The van der Waals surface area contributed by atoms with Crippen LogP contribution in [0.15, 0.2) is 18.2 Å². The second-order valence-electron chi connectivity index (χ2n) is 3.58. The lowest BCUT2D eigenvalue weighted by Gasteiger charge is -2.23. The summed E-state index contributed by atoms with van der Waals surface area (Å²) in [7, 11) is 0. The topological polar surface area (TPSA) is 81.5 Å². The van der Waals surface area contributed by atoms with E-state index in [1.165, 1.54) is 0 Å². The molecule has 0 bridgehead atoms. The minimum Gasteiger partial charge on any atom is -0.449 e. The molecule has 1 atom stereocenters. The van der Waals surface area contributed by atoms with Crippen molar-refractivity contribution in [1.29, 1.82) is 0 Å². The van der Waals surface area contributed by atoms with Crippen molar-refractivity contribution in [3.63, 3.8) is 0 Å². The van der Waals surface area contributed by atoms with Crippen LogP contribution in [0.4, 0.5) is 14.9 Å². The number of nitrogens with zero attached hydrogens (tertiary/aromatic N) is 1. The van der Waals surface area contributed by atoms with E-state index in [-0.39, 0.29) is 17.9 Å². The predicted molar refractivity (Wildman–Crippen MR) is 54.9 cm³/mol. The molecule has 1 aromatic rings. The van der Waals surface area contributed by atoms with E-state index in [2.05, 4.69) is 10.1 Å². The van der Waals surface area contributed by atoms with E-state index in [0.717, 1.165) is 18.2 Å². The summed E-state index contributed by atoms with van der Waals surface area (Å²) in [6.45, 7) is 0.165. The summed E-state index contributed by atoms with van der Waals surface area (Å²) in [5, 5.41) is 13.0. The zero-order chi connectivity index (χ0) is 12.4. The lowest BCUT2D eigenvalue weighted by molar-refractivity contribution is -0.385. The molecule has 0 aliphatic carbocycles. The summed E-state index contributed by atoms with van der Waals surface area (Å²) < 4.78 is 18.2. The molecule has 0 spiro atoms. The van der Waals surface area contributed by atoms with Gasteiger partial charge < -0.3 is 10.1 Å². The van der Waals surface area contributed by atoms with Crippen molar-refractivity contribution < 1.29 is 18.8 Å². The third-order valence-electron chi connectivity index (χ3n) is 2.50. The fraction of sp³-hybridized carbons (Fsp3) is 0.300. The molecule has 1 N–H and O–H groups in total. The molecular weight excluding hydrogens is 231 g/mol. The van der Waals surface area contributed by atoms with Gasteiger partial charge in [-0.25, -0.2) is 9.18 Å². The van der Waals surface area contributed by atoms with Crippen LogP contribution in [0.25, 0.3) is 0 Å². The number of nitro groups is 1. The Bertz CT molecular complexity index is 477. The molecule has 1 fully saturated rings. The number of non-ortho nitro benzene ring substituents is 1. The lowest BCUT2D eigenvalue weighted by atomic mass is 10.0. The number of carbonyl (C=O) groups is 1. The summed E-state index contributed by atoms with van der Waals surface area (Å²) in [6, 6.07) is 2.65. The summed E-state index contributed by atoms with van der Waals surface area (Å²) in [5.41, 5.74) is -0.0991. The number of halogens is 1. The van der Waals surface area contributed by atoms with Gasteiger partial charge >= 0.3 is 6.09 Å². The van der Waals surface area contributed by atoms with Crippen molar-refractivity contribution in [1.82, 2.24) is 5.32 Å². The zero-order valence-electron chi connectivity index (χ0n) is 8.68. The molecule has 0 radical (unpaired) electrons. The first-order valence-electron chi connectivity index (χ1n) is 4.95. The second kappa shape index (κ2) is 4.36. The summed E-state index contributed by atoms with van der Waals surface area (Å²) in [5.74, 6) is -0.581. The van der Waals surface area contributed by atoms with E-state index in [0.29, 0.717) is 6.42 Å². The highest BCUT2D eigenvalue weighted by molar-refractivity contribution is 5.68. The van der Waals surface area contributed by atoms with Crippen LogP contribution in [-0.2, 0) is 4.74 Å². The van der Waals surface area contributed by atoms with E-state index < -0.39 is 22.9 Å². The maximum Gasteiger partial charge on any atom is 0.407 e. The van der Waals surface area contributed by atoms with Crippen molar-refractivity contribution in [2.75, 3.05) is 6.61 Å². The van der Waals surface area contributed by atoms with E-state index in [9.17, 15) is 19.3 Å². The molecular formula is C10H9FN2O4. The van der Waals surface area contributed by atoms with Gasteiger partial charge in [-0.05, 0) is 6.07 Å². The molecule has 0 saturated carbocycles. The van der Waals surface area contributed by atoms with Gasteiger partial charge in [-0.15, -0.1) is 0 Å². The van der Waals surface area contributed by atoms with Gasteiger partial charge in [0.25, 0.3) is 5.69 Å². The van der Waals surface area contributed by atoms with Gasteiger partial charge in [0, 0.05) is 24.1 Å². The molecule has 1 aliphatic heterocycles. The van der Waals surface area contributed by atoms with E-state index in [1.54, 1.807) is 0 Å². The Morgan fingerprint density at radius 2 is 2.29 bits per heavy atom.